The van der Waals surface area contributed by atoms with E-state index in [1.54, 1.807) is 6.20 Å². The molecule has 0 aromatic carbocycles. The molecular formula is C12H14N4. The molecule has 2 aromatic rings. The molecule has 0 aliphatic carbocycles. The van der Waals surface area contributed by atoms with Crippen LogP contribution in [0.3, 0.4) is 0 Å². The van der Waals surface area contributed by atoms with Crippen LogP contribution in [-0.2, 0) is 6.54 Å². The highest BCUT2D eigenvalue weighted by Gasteiger charge is 1.97. The number of aryl methyl sites for hydroxylation is 2. The van der Waals surface area contributed by atoms with E-state index in [-0.39, 0.29) is 0 Å². The third-order valence-electron chi connectivity index (χ3n) is 2.17. The van der Waals surface area contributed by atoms with Gasteiger partial charge < -0.3 is 5.32 Å². The summed E-state index contributed by atoms with van der Waals surface area (Å²) in [7, 11) is 0. The van der Waals surface area contributed by atoms with E-state index < -0.39 is 0 Å². The molecule has 4 heteroatoms. The van der Waals surface area contributed by atoms with Crippen LogP contribution in [0.5, 0.6) is 0 Å². The summed E-state index contributed by atoms with van der Waals surface area (Å²) in [5.41, 5.74) is 1.97. The lowest BCUT2D eigenvalue weighted by atomic mass is 10.3. The van der Waals surface area contributed by atoms with Crippen LogP contribution in [0, 0.1) is 13.8 Å². The fourth-order valence-corrected chi connectivity index (χ4v) is 1.43. The van der Waals surface area contributed by atoms with E-state index in [9.17, 15) is 0 Å². The second-order valence-corrected chi connectivity index (χ2v) is 3.61. The number of nitrogens with zero attached hydrogens (tertiary/aromatic N) is 3. The van der Waals surface area contributed by atoms with Gasteiger partial charge in [0.15, 0.2) is 0 Å². The number of hydrogen-bond acceptors (Lipinski definition) is 4. The number of anilines is 1. The predicted octanol–water partition coefficient (Wildman–Crippen LogP) is 2.10. The molecule has 2 rings (SSSR count). The van der Waals surface area contributed by atoms with Gasteiger partial charge in [-0.1, -0.05) is 6.07 Å². The van der Waals surface area contributed by atoms with Gasteiger partial charge in [-0.15, -0.1) is 0 Å². The second kappa shape index (κ2) is 4.70. The molecule has 82 valence electrons. The lowest BCUT2D eigenvalue weighted by Gasteiger charge is -2.05. The van der Waals surface area contributed by atoms with Crippen molar-refractivity contribution in [2.75, 3.05) is 5.32 Å². The second-order valence-electron chi connectivity index (χ2n) is 3.61. The maximum atomic E-state index is 4.36. The summed E-state index contributed by atoms with van der Waals surface area (Å²) in [5, 5.41) is 3.23. The molecular weight excluding hydrogens is 200 g/mol. The molecule has 4 nitrogen and oxygen atoms in total. The van der Waals surface area contributed by atoms with Crippen molar-refractivity contribution < 1.29 is 0 Å². The lowest BCUT2D eigenvalue weighted by molar-refractivity contribution is 0.948. The van der Waals surface area contributed by atoms with E-state index in [1.165, 1.54) is 0 Å². The van der Waals surface area contributed by atoms with Gasteiger partial charge in [-0.25, -0.2) is 15.0 Å². The minimum absolute atomic E-state index is 0.666. The average molecular weight is 214 g/mol. The largest absolute Gasteiger partial charge is 0.364 e. The number of aromatic nitrogens is 3. The van der Waals surface area contributed by atoms with Crippen LogP contribution < -0.4 is 5.32 Å². The fourth-order valence-electron chi connectivity index (χ4n) is 1.43. The van der Waals surface area contributed by atoms with Crippen LogP contribution in [0.4, 0.5) is 5.82 Å². The molecule has 16 heavy (non-hydrogen) atoms. The Bertz CT molecular complexity index is 436. The Hall–Kier alpha value is -1.97. The van der Waals surface area contributed by atoms with Gasteiger partial charge in [0.25, 0.3) is 0 Å². The van der Waals surface area contributed by atoms with Crippen LogP contribution in [0.15, 0.2) is 30.5 Å². The van der Waals surface area contributed by atoms with Crippen molar-refractivity contribution in [2.24, 2.45) is 0 Å². The molecule has 0 unspecified atom stereocenters. The van der Waals surface area contributed by atoms with Crippen molar-refractivity contribution in [1.82, 2.24) is 15.0 Å². The SMILES string of the molecule is Cc1cccc(NCc2ccnc(C)n2)n1. The van der Waals surface area contributed by atoms with E-state index in [1.807, 2.05) is 38.1 Å². The van der Waals surface area contributed by atoms with Crippen molar-refractivity contribution in [3.8, 4) is 0 Å². The molecule has 0 saturated carbocycles. The Morgan fingerprint density at radius 2 is 2.00 bits per heavy atom. The van der Waals surface area contributed by atoms with Gasteiger partial charge in [0, 0.05) is 11.9 Å². The molecule has 0 bridgehead atoms. The van der Waals surface area contributed by atoms with Crippen LogP contribution in [-0.4, -0.2) is 15.0 Å². The summed E-state index contributed by atoms with van der Waals surface area (Å²) >= 11 is 0. The first-order valence-electron chi connectivity index (χ1n) is 5.20. The lowest BCUT2D eigenvalue weighted by Crippen LogP contribution is -2.04. The Balaban J connectivity index is 2.02. The zero-order chi connectivity index (χ0) is 11.4. The predicted molar refractivity (Wildman–Crippen MR) is 63.1 cm³/mol. The highest BCUT2D eigenvalue weighted by Crippen LogP contribution is 2.05. The maximum absolute atomic E-state index is 4.36. The number of hydrogen-bond donors (Lipinski definition) is 1. The van der Waals surface area contributed by atoms with Crippen LogP contribution >= 0.6 is 0 Å². The molecule has 0 aliphatic heterocycles. The van der Waals surface area contributed by atoms with Crippen molar-refractivity contribution in [1.29, 1.82) is 0 Å². The highest BCUT2D eigenvalue weighted by molar-refractivity contribution is 5.35. The Morgan fingerprint density at radius 3 is 2.75 bits per heavy atom. The highest BCUT2D eigenvalue weighted by atomic mass is 15.0. The zero-order valence-electron chi connectivity index (χ0n) is 9.44. The van der Waals surface area contributed by atoms with Gasteiger partial charge in [-0.2, -0.15) is 0 Å². The fraction of sp³-hybridized carbons (Fsp3) is 0.250. The van der Waals surface area contributed by atoms with E-state index in [4.69, 9.17) is 0 Å². The molecule has 0 spiro atoms. The molecule has 0 amide bonds. The summed E-state index contributed by atoms with van der Waals surface area (Å²) in [4.78, 5) is 12.7. The van der Waals surface area contributed by atoms with Gasteiger partial charge >= 0.3 is 0 Å². The first-order valence-corrected chi connectivity index (χ1v) is 5.20. The van der Waals surface area contributed by atoms with Crippen LogP contribution in [0.2, 0.25) is 0 Å². The van der Waals surface area contributed by atoms with Gasteiger partial charge in [0.05, 0.1) is 12.2 Å². The standard InChI is InChI=1S/C12H14N4/c1-9-4-3-5-12(15-9)14-8-11-6-7-13-10(2)16-11/h3-7H,8H2,1-2H3,(H,14,15). The first-order chi connectivity index (χ1) is 7.74. The number of rotatable bonds is 3. The van der Waals surface area contributed by atoms with E-state index in [0.717, 1.165) is 23.0 Å². The summed E-state index contributed by atoms with van der Waals surface area (Å²) in [6.07, 6.45) is 1.77. The van der Waals surface area contributed by atoms with Gasteiger partial charge in [-0.05, 0) is 32.0 Å². The quantitative estimate of drug-likeness (QED) is 0.850. The average Bonchev–Trinajstić information content (AvgIpc) is 2.27. The molecule has 2 aromatic heterocycles. The first kappa shape index (κ1) is 10.5. The normalized spacial score (nSPS) is 10.1. The van der Waals surface area contributed by atoms with Gasteiger partial charge in [0.2, 0.25) is 0 Å². The molecule has 0 atom stereocenters. The summed E-state index contributed by atoms with van der Waals surface area (Å²) in [6.45, 7) is 4.52. The molecule has 1 N–H and O–H groups in total. The van der Waals surface area contributed by atoms with Crippen molar-refractivity contribution in [3.05, 3.63) is 47.7 Å². The van der Waals surface area contributed by atoms with Crippen LogP contribution in [0.25, 0.3) is 0 Å². The summed E-state index contributed by atoms with van der Waals surface area (Å²) < 4.78 is 0. The third kappa shape index (κ3) is 2.76. The van der Waals surface area contributed by atoms with Crippen molar-refractivity contribution >= 4 is 5.82 Å². The van der Waals surface area contributed by atoms with E-state index in [0.29, 0.717) is 6.54 Å². The molecule has 0 radical (unpaired) electrons. The summed E-state index contributed by atoms with van der Waals surface area (Å²) in [6, 6.07) is 7.80. The topological polar surface area (TPSA) is 50.7 Å². The van der Waals surface area contributed by atoms with Crippen molar-refractivity contribution in [2.45, 2.75) is 20.4 Å². The van der Waals surface area contributed by atoms with E-state index in [2.05, 4.69) is 20.3 Å². The molecule has 0 aliphatic rings. The maximum Gasteiger partial charge on any atom is 0.126 e. The smallest absolute Gasteiger partial charge is 0.126 e. The Labute approximate surface area is 94.8 Å². The van der Waals surface area contributed by atoms with Gasteiger partial charge in [-0.3, -0.25) is 0 Å². The molecule has 0 fully saturated rings. The van der Waals surface area contributed by atoms with Gasteiger partial charge in [0.1, 0.15) is 11.6 Å². The summed E-state index contributed by atoms with van der Waals surface area (Å²) in [5.74, 6) is 1.66. The molecule has 2 heterocycles. The van der Waals surface area contributed by atoms with Crippen molar-refractivity contribution in [3.63, 3.8) is 0 Å². The Morgan fingerprint density at radius 1 is 1.12 bits per heavy atom. The van der Waals surface area contributed by atoms with E-state index >= 15 is 0 Å². The minimum atomic E-state index is 0.666. The zero-order valence-corrected chi connectivity index (χ0v) is 9.44. The number of nitrogens with one attached hydrogen (secondary N) is 1. The Kier molecular flexibility index (Phi) is 3.10. The third-order valence-corrected chi connectivity index (χ3v) is 2.17. The van der Waals surface area contributed by atoms with Crippen LogP contribution in [0.1, 0.15) is 17.2 Å². The molecule has 0 saturated heterocycles. The monoisotopic (exact) mass is 214 g/mol. The number of pyridine rings is 1. The minimum Gasteiger partial charge on any atom is -0.364 e.